The Kier molecular flexibility index (Phi) is 7.25. The molecule has 1 aliphatic heterocycles. The van der Waals surface area contributed by atoms with E-state index >= 15 is 0 Å². The van der Waals surface area contributed by atoms with Crippen LogP contribution in [0.4, 0.5) is 0 Å². The largest absolute Gasteiger partial charge is 0.455 e. The van der Waals surface area contributed by atoms with Crippen molar-refractivity contribution in [2.75, 3.05) is 24.7 Å². The Morgan fingerprint density at radius 1 is 1.32 bits per heavy atom. The molecule has 28 heavy (non-hydrogen) atoms. The fourth-order valence-corrected chi connectivity index (χ4v) is 5.32. The number of carbonyl (C=O) groups is 2. The Balaban J connectivity index is 1.93. The zero-order valence-electron chi connectivity index (χ0n) is 17.4. The van der Waals surface area contributed by atoms with Crippen LogP contribution in [0.15, 0.2) is 0 Å². The van der Waals surface area contributed by atoms with E-state index in [1.54, 1.807) is 6.92 Å². The smallest absolute Gasteiger partial charge is 0.310 e. The van der Waals surface area contributed by atoms with E-state index in [4.69, 9.17) is 4.74 Å². The van der Waals surface area contributed by atoms with E-state index in [9.17, 15) is 18.0 Å². The maximum atomic E-state index is 12.4. The molecule has 1 atom stereocenters. The third kappa shape index (κ3) is 5.56. The number of likely N-dealkylation sites (N-methyl/N-ethyl adjacent to an activating group) is 1. The third-order valence-corrected chi connectivity index (χ3v) is 6.81. The van der Waals surface area contributed by atoms with Gasteiger partial charge in [0.1, 0.15) is 0 Å². The molecule has 0 N–H and O–H groups in total. The number of amides is 1. The minimum Gasteiger partial charge on any atom is -0.455 e. The monoisotopic (exact) mass is 413 g/mol. The van der Waals surface area contributed by atoms with Crippen LogP contribution in [0.2, 0.25) is 0 Å². The van der Waals surface area contributed by atoms with Crippen molar-refractivity contribution in [2.45, 2.75) is 60.0 Å². The summed E-state index contributed by atoms with van der Waals surface area (Å²) in [7, 11) is -3.08. The topological polar surface area (TPSA) is 98.6 Å². The van der Waals surface area contributed by atoms with Gasteiger partial charge in [-0.2, -0.15) is 5.10 Å². The molecule has 1 saturated heterocycles. The minimum atomic E-state index is -3.08. The van der Waals surface area contributed by atoms with Gasteiger partial charge >= 0.3 is 5.97 Å². The van der Waals surface area contributed by atoms with E-state index in [0.29, 0.717) is 18.9 Å². The average Bonchev–Trinajstić information content (AvgIpc) is 3.07. The predicted octanol–water partition coefficient (Wildman–Crippen LogP) is 1.28. The first-order chi connectivity index (χ1) is 13.0. The molecular formula is C19H31N3O5S. The molecule has 1 unspecified atom stereocenters. The fourth-order valence-electron chi connectivity index (χ4n) is 3.59. The summed E-state index contributed by atoms with van der Waals surface area (Å²) in [6, 6.07) is -0.333. The van der Waals surface area contributed by atoms with E-state index in [2.05, 4.69) is 18.9 Å². The number of hydrogen-bond acceptors (Lipinski definition) is 6. The summed E-state index contributed by atoms with van der Waals surface area (Å²) in [5, 5.41) is 4.48. The Morgan fingerprint density at radius 2 is 2.00 bits per heavy atom. The molecule has 1 fully saturated rings. The first-order valence-electron chi connectivity index (χ1n) is 9.72. The second kappa shape index (κ2) is 9.07. The summed E-state index contributed by atoms with van der Waals surface area (Å²) < 4.78 is 30.4. The normalized spacial score (nSPS) is 18.4. The number of rotatable bonds is 8. The van der Waals surface area contributed by atoms with Crippen molar-refractivity contribution in [1.82, 2.24) is 14.7 Å². The van der Waals surface area contributed by atoms with Gasteiger partial charge in [-0.3, -0.25) is 14.3 Å². The third-order valence-electron chi connectivity index (χ3n) is 5.06. The molecule has 2 heterocycles. The number of aryl methyl sites for hydroxylation is 1. The Labute approximate surface area is 167 Å². The lowest BCUT2D eigenvalue weighted by Crippen LogP contribution is -2.43. The molecule has 2 rings (SSSR count). The standard InChI is InChI=1S/C19H31N3O5S/c1-6-21(16-7-8-28(25,26)12-16)18(23)11-27-19(24)9-17-14(4)20-22(15(17)5)10-13(2)3/h13,16H,6-12H2,1-5H3. The van der Waals surface area contributed by atoms with Gasteiger partial charge in [-0.25, -0.2) is 8.42 Å². The predicted molar refractivity (Wildman–Crippen MR) is 106 cm³/mol. The molecule has 0 radical (unpaired) electrons. The number of carbonyl (C=O) groups excluding carboxylic acids is 2. The summed E-state index contributed by atoms with van der Waals surface area (Å²) >= 11 is 0. The fraction of sp³-hybridized carbons (Fsp3) is 0.737. The molecule has 1 aromatic heterocycles. The van der Waals surface area contributed by atoms with E-state index in [1.807, 2.05) is 18.5 Å². The van der Waals surface area contributed by atoms with Gasteiger partial charge in [0.25, 0.3) is 5.91 Å². The molecule has 0 aliphatic carbocycles. The second-order valence-corrected chi connectivity index (χ2v) is 10.0. The highest BCUT2D eigenvalue weighted by Gasteiger charge is 2.34. The van der Waals surface area contributed by atoms with Crippen LogP contribution in [0.5, 0.6) is 0 Å². The van der Waals surface area contributed by atoms with Crippen molar-refractivity contribution >= 4 is 21.7 Å². The summed E-state index contributed by atoms with van der Waals surface area (Å²) in [6.07, 6.45) is 0.496. The maximum absolute atomic E-state index is 12.4. The molecule has 1 aliphatic rings. The molecule has 0 aromatic carbocycles. The molecule has 9 heteroatoms. The Bertz CT molecular complexity index is 829. The van der Waals surface area contributed by atoms with Gasteiger partial charge in [0.05, 0.1) is 23.6 Å². The SMILES string of the molecule is CCN(C(=O)COC(=O)Cc1c(C)nn(CC(C)C)c1C)C1CCS(=O)(=O)C1. The molecule has 0 bridgehead atoms. The lowest BCUT2D eigenvalue weighted by Gasteiger charge is -2.26. The number of aromatic nitrogens is 2. The van der Waals surface area contributed by atoms with Gasteiger partial charge in [0.2, 0.25) is 0 Å². The van der Waals surface area contributed by atoms with E-state index in [1.165, 1.54) is 4.90 Å². The van der Waals surface area contributed by atoms with Crippen LogP contribution in [-0.2, 0) is 37.1 Å². The zero-order valence-corrected chi connectivity index (χ0v) is 18.2. The van der Waals surface area contributed by atoms with E-state index in [0.717, 1.165) is 23.5 Å². The minimum absolute atomic E-state index is 0.0199. The molecule has 158 valence electrons. The van der Waals surface area contributed by atoms with Crippen molar-refractivity contribution in [1.29, 1.82) is 0 Å². The average molecular weight is 414 g/mol. The Morgan fingerprint density at radius 3 is 2.54 bits per heavy atom. The van der Waals surface area contributed by atoms with Gasteiger partial charge in [0, 0.05) is 30.4 Å². The molecule has 0 saturated carbocycles. The quantitative estimate of drug-likeness (QED) is 0.596. The van der Waals surface area contributed by atoms with Gasteiger partial charge in [0.15, 0.2) is 16.4 Å². The number of nitrogens with zero attached hydrogens (tertiary/aromatic N) is 3. The highest BCUT2D eigenvalue weighted by Crippen LogP contribution is 2.18. The second-order valence-electron chi connectivity index (χ2n) is 7.80. The number of sulfone groups is 1. The molecule has 0 spiro atoms. The number of ether oxygens (including phenoxy) is 1. The van der Waals surface area contributed by atoms with Crippen molar-refractivity contribution in [3.63, 3.8) is 0 Å². The molecular weight excluding hydrogens is 382 g/mol. The van der Waals surface area contributed by atoms with Crippen molar-refractivity contribution in [3.05, 3.63) is 17.0 Å². The van der Waals surface area contributed by atoms with Crippen LogP contribution in [0.3, 0.4) is 0 Å². The summed E-state index contributed by atoms with van der Waals surface area (Å²) in [5.74, 6) is -0.329. The Hall–Kier alpha value is -1.90. The van der Waals surface area contributed by atoms with Crippen LogP contribution in [-0.4, -0.2) is 65.7 Å². The van der Waals surface area contributed by atoms with Gasteiger partial charge in [-0.05, 0) is 33.1 Å². The van der Waals surface area contributed by atoms with Crippen LogP contribution in [0.1, 0.15) is 44.1 Å². The van der Waals surface area contributed by atoms with Gasteiger partial charge < -0.3 is 9.64 Å². The van der Waals surface area contributed by atoms with Crippen LogP contribution >= 0.6 is 0 Å². The number of esters is 1. The number of hydrogen-bond donors (Lipinski definition) is 0. The molecule has 1 amide bonds. The van der Waals surface area contributed by atoms with Crippen molar-refractivity contribution in [2.24, 2.45) is 5.92 Å². The maximum Gasteiger partial charge on any atom is 0.310 e. The molecule has 8 nitrogen and oxygen atoms in total. The summed E-state index contributed by atoms with van der Waals surface area (Å²) in [6.45, 7) is 10.6. The van der Waals surface area contributed by atoms with E-state index < -0.39 is 15.8 Å². The lowest BCUT2D eigenvalue weighted by molar-refractivity contribution is -0.152. The van der Waals surface area contributed by atoms with Gasteiger partial charge in [-0.1, -0.05) is 13.8 Å². The zero-order chi connectivity index (χ0) is 21.1. The van der Waals surface area contributed by atoms with E-state index in [-0.39, 0.29) is 36.5 Å². The lowest BCUT2D eigenvalue weighted by atomic mass is 10.1. The highest BCUT2D eigenvalue weighted by atomic mass is 32.2. The first-order valence-corrected chi connectivity index (χ1v) is 11.5. The summed E-state index contributed by atoms with van der Waals surface area (Å²) in [5.41, 5.74) is 2.54. The van der Waals surface area contributed by atoms with Crippen LogP contribution in [0, 0.1) is 19.8 Å². The van der Waals surface area contributed by atoms with Crippen molar-refractivity contribution in [3.8, 4) is 0 Å². The molecule has 1 aromatic rings. The van der Waals surface area contributed by atoms with Crippen LogP contribution < -0.4 is 0 Å². The summed E-state index contributed by atoms with van der Waals surface area (Å²) in [4.78, 5) is 26.2. The van der Waals surface area contributed by atoms with Crippen molar-refractivity contribution < 1.29 is 22.7 Å². The van der Waals surface area contributed by atoms with Crippen LogP contribution in [0.25, 0.3) is 0 Å². The van der Waals surface area contributed by atoms with Gasteiger partial charge in [-0.15, -0.1) is 0 Å². The first kappa shape index (κ1) is 22.4. The highest BCUT2D eigenvalue weighted by molar-refractivity contribution is 7.91.